The van der Waals surface area contributed by atoms with Crippen LogP contribution in [0.4, 0.5) is 13.2 Å². The summed E-state index contributed by atoms with van der Waals surface area (Å²) in [6.07, 6.45) is -1.61. The molecule has 1 amide bonds. The molecule has 0 unspecified atom stereocenters. The van der Waals surface area contributed by atoms with Crippen molar-refractivity contribution in [3.63, 3.8) is 0 Å². The summed E-state index contributed by atoms with van der Waals surface area (Å²) >= 11 is 0. The lowest BCUT2D eigenvalue weighted by Gasteiger charge is -2.15. The summed E-state index contributed by atoms with van der Waals surface area (Å²) in [4.78, 5) is 14.8. The molecule has 3 aromatic rings. The molecule has 1 heterocycles. The number of nitrogens with one attached hydrogen (secondary N) is 1. The molecular weight excluding hydrogens is 479 g/mol. The fraction of sp³-hybridized carbons (Fsp3) is 0.400. The number of fused-ring (bicyclic) bond motifs is 1. The first kappa shape index (κ1) is 25.2. The first-order chi connectivity index (χ1) is 16.4. The number of aromatic nitrogens is 1. The molecule has 1 aliphatic rings. The van der Waals surface area contributed by atoms with Crippen molar-refractivity contribution in [3.8, 4) is 0 Å². The monoisotopic (exact) mass is 507 g/mol. The van der Waals surface area contributed by atoms with Crippen molar-refractivity contribution in [2.45, 2.75) is 43.1 Å². The van der Waals surface area contributed by atoms with E-state index in [1.165, 1.54) is 12.1 Å². The second-order valence-electron chi connectivity index (χ2n) is 9.26. The summed E-state index contributed by atoms with van der Waals surface area (Å²) in [7, 11) is 0.534. The second-order valence-corrected chi connectivity index (χ2v) is 11.5. The number of rotatable bonds is 9. The molecule has 0 radical (unpaired) electrons. The van der Waals surface area contributed by atoms with Gasteiger partial charge in [0.2, 0.25) is 0 Å². The summed E-state index contributed by atoms with van der Waals surface area (Å²) < 4.78 is 67.6. The molecule has 2 aromatic carbocycles. The van der Waals surface area contributed by atoms with E-state index >= 15 is 0 Å². The molecule has 4 rings (SSSR count). The van der Waals surface area contributed by atoms with Crippen molar-refractivity contribution in [1.82, 2.24) is 14.8 Å². The van der Waals surface area contributed by atoms with Crippen LogP contribution in [-0.4, -0.2) is 49.7 Å². The van der Waals surface area contributed by atoms with Crippen molar-refractivity contribution in [1.29, 1.82) is 0 Å². The van der Waals surface area contributed by atoms with Gasteiger partial charge in [0.15, 0.2) is 9.84 Å². The Morgan fingerprint density at radius 3 is 2.51 bits per heavy atom. The Morgan fingerprint density at radius 1 is 1.11 bits per heavy atom. The highest BCUT2D eigenvalue weighted by Crippen LogP contribution is 2.35. The first-order valence-electron chi connectivity index (χ1n) is 11.4. The van der Waals surface area contributed by atoms with Crippen molar-refractivity contribution < 1.29 is 26.4 Å². The average Bonchev–Trinajstić information content (AvgIpc) is 3.57. The molecule has 188 valence electrons. The van der Waals surface area contributed by atoms with E-state index in [-0.39, 0.29) is 17.7 Å². The zero-order valence-electron chi connectivity index (χ0n) is 19.6. The third-order valence-corrected chi connectivity index (χ3v) is 8.36. The number of alkyl halides is 3. The Kier molecular flexibility index (Phi) is 6.97. The molecule has 0 bridgehead atoms. The van der Waals surface area contributed by atoms with E-state index < -0.39 is 38.5 Å². The number of amides is 1. The van der Waals surface area contributed by atoms with E-state index in [0.29, 0.717) is 18.4 Å². The van der Waals surface area contributed by atoms with Crippen LogP contribution in [0, 0.1) is 0 Å². The molecule has 10 heteroatoms. The number of hydrogen-bond acceptors (Lipinski definition) is 4. The molecule has 0 aliphatic heterocycles. The number of carbonyl (C=O) groups excluding carboxylic acids is 1. The average molecular weight is 508 g/mol. The van der Waals surface area contributed by atoms with Crippen LogP contribution < -0.4 is 5.32 Å². The largest absolute Gasteiger partial charge is 0.416 e. The van der Waals surface area contributed by atoms with Gasteiger partial charge in [-0.05, 0) is 68.4 Å². The predicted molar refractivity (Wildman–Crippen MR) is 129 cm³/mol. The molecule has 1 saturated carbocycles. The van der Waals surface area contributed by atoms with Crippen LogP contribution in [-0.2, 0) is 34.9 Å². The lowest BCUT2D eigenvalue weighted by atomic mass is 10.0. The second kappa shape index (κ2) is 9.66. The quantitative estimate of drug-likeness (QED) is 0.471. The summed E-state index contributed by atoms with van der Waals surface area (Å²) in [5.41, 5.74) is 0.371. The first-order valence-corrected chi connectivity index (χ1v) is 13.1. The number of hydrogen-bond donors (Lipinski definition) is 1. The summed E-state index contributed by atoms with van der Waals surface area (Å²) in [5.74, 6) is -0.900. The minimum absolute atomic E-state index is 0.100. The van der Waals surface area contributed by atoms with Gasteiger partial charge in [0, 0.05) is 42.3 Å². The Morgan fingerprint density at radius 2 is 1.86 bits per heavy atom. The van der Waals surface area contributed by atoms with E-state index in [1.54, 1.807) is 12.1 Å². The van der Waals surface area contributed by atoms with Gasteiger partial charge in [0.05, 0.1) is 16.6 Å². The van der Waals surface area contributed by atoms with Crippen LogP contribution in [0.5, 0.6) is 0 Å². The molecule has 6 nitrogen and oxygen atoms in total. The number of sulfone groups is 1. The maximum absolute atomic E-state index is 13.7. The van der Waals surface area contributed by atoms with Gasteiger partial charge in [-0.15, -0.1) is 0 Å². The highest BCUT2D eigenvalue weighted by atomic mass is 32.2. The van der Waals surface area contributed by atoms with Gasteiger partial charge in [-0.3, -0.25) is 4.79 Å². The zero-order valence-corrected chi connectivity index (χ0v) is 20.4. The minimum Gasteiger partial charge on any atom is -0.348 e. The van der Waals surface area contributed by atoms with E-state index in [2.05, 4.69) is 14.8 Å². The maximum atomic E-state index is 13.7. The van der Waals surface area contributed by atoms with Crippen LogP contribution >= 0.6 is 0 Å². The van der Waals surface area contributed by atoms with Crippen LogP contribution in [0.15, 0.2) is 48.7 Å². The van der Waals surface area contributed by atoms with Crippen LogP contribution in [0.2, 0.25) is 0 Å². The summed E-state index contributed by atoms with van der Waals surface area (Å²) in [6.45, 7) is 1.32. The van der Waals surface area contributed by atoms with E-state index in [4.69, 9.17) is 0 Å². The zero-order chi connectivity index (χ0) is 25.4. The van der Waals surface area contributed by atoms with Gasteiger partial charge in [0.1, 0.15) is 0 Å². The molecule has 0 saturated heterocycles. The molecule has 1 fully saturated rings. The third kappa shape index (κ3) is 6.05. The normalized spacial score (nSPS) is 14.6. The molecule has 35 heavy (non-hydrogen) atoms. The van der Waals surface area contributed by atoms with Crippen molar-refractivity contribution in [3.05, 3.63) is 70.9 Å². The number of likely N-dealkylation sites (N-methyl/N-ethyl adjacent to an activating group) is 1. The molecule has 1 N–H and O–H groups in total. The Labute approximate surface area is 202 Å². The SMILES string of the molecule is CN(C)CCn1ccc2cc(C(=O)NCc3ccc(CS(=O)(=O)C4CC4)cc3C(F)(F)F)ccc21. The van der Waals surface area contributed by atoms with Crippen LogP contribution in [0.1, 0.15) is 39.9 Å². The van der Waals surface area contributed by atoms with Gasteiger partial charge in [-0.1, -0.05) is 12.1 Å². The molecule has 0 spiro atoms. The standard InChI is InChI=1S/C25H28F3N3O3S/c1-30(2)11-12-31-10-9-18-14-19(5-8-23(18)31)24(32)29-15-20-4-3-17(13-22(20)25(26,27)28)16-35(33,34)21-6-7-21/h3-5,8-10,13-14,21H,6-7,11-12,15-16H2,1-2H3,(H,29,32). The molecule has 1 aromatic heterocycles. The van der Waals surface area contributed by atoms with Crippen molar-refractivity contribution >= 4 is 26.6 Å². The highest BCUT2D eigenvalue weighted by Gasteiger charge is 2.37. The number of halogens is 3. The highest BCUT2D eigenvalue weighted by molar-refractivity contribution is 7.91. The number of nitrogens with zero attached hydrogens (tertiary/aromatic N) is 2. The van der Waals surface area contributed by atoms with Gasteiger partial charge < -0.3 is 14.8 Å². The summed E-state index contributed by atoms with van der Waals surface area (Å²) in [5, 5.41) is 2.99. The minimum atomic E-state index is -4.67. The van der Waals surface area contributed by atoms with E-state index in [1.807, 2.05) is 32.4 Å². The van der Waals surface area contributed by atoms with Crippen molar-refractivity contribution in [2.75, 3.05) is 20.6 Å². The van der Waals surface area contributed by atoms with Gasteiger partial charge in [-0.25, -0.2) is 8.42 Å². The lowest BCUT2D eigenvalue weighted by molar-refractivity contribution is -0.138. The lowest BCUT2D eigenvalue weighted by Crippen LogP contribution is -2.24. The fourth-order valence-corrected chi connectivity index (χ4v) is 5.76. The Balaban J connectivity index is 1.48. The number of benzene rings is 2. The van der Waals surface area contributed by atoms with Gasteiger partial charge >= 0.3 is 6.18 Å². The molecule has 0 atom stereocenters. The summed E-state index contributed by atoms with van der Waals surface area (Å²) in [6, 6.07) is 10.6. The third-order valence-electron chi connectivity index (χ3n) is 6.14. The Bertz CT molecular complexity index is 1340. The van der Waals surface area contributed by atoms with Gasteiger partial charge in [-0.2, -0.15) is 13.2 Å². The predicted octanol–water partition coefficient (Wildman–Crippen LogP) is 4.23. The van der Waals surface area contributed by atoms with E-state index in [9.17, 15) is 26.4 Å². The van der Waals surface area contributed by atoms with Crippen molar-refractivity contribution in [2.24, 2.45) is 0 Å². The van der Waals surface area contributed by atoms with Crippen LogP contribution in [0.25, 0.3) is 10.9 Å². The van der Waals surface area contributed by atoms with Gasteiger partial charge in [0.25, 0.3) is 5.91 Å². The van der Waals surface area contributed by atoms with Crippen LogP contribution in [0.3, 0.4) is 0 Å². The maximum Gasteiger partial charge on any atom is 0.416 e. The smallest absolute Gasteiger partial charge is 0.348 e. The molecular formula is C25H28F3N3O3S. The van der Waals surface area contributed by atoms with E-state index in [0.717, 1.165) is 30.1 Å². The topological polar surface area (TPSA) is 71.4 Å². The Hall–Kier alpha value is -2.85. The molecule has 1 aliphatic carbocycles. The fourth-order valence-electron chi connectivity index (χ4n) is 4.03. The number of carbonyl (C=O) groups is 1.